The van der Waals surface area contributed by atoms with E-state index in [0.717, 1.165) is 32.1 Å². The van der Waals surface area contributed by atoms with Crippen LogP contribution in [0.2, 0.25) is 0 Å². The Kier molecular flexibility index (Phi) is 14.6. The fourth-order valence-corrected chi connectivity index (χ4v) is 5.22. The molecule has 3 fully saturated rings. The lowest BCUT2D eigenvalue weighted by Crippen LogP contribution is -2.46. The summed E-state index contributed by atoms with van der Waals surface area (Å²) in [6.07, 6.45) is -16.1. The Hall–Kier alpha value is -0.640. The Morgan fingerprint density at radius 3 is 1.69 bits per heavy atom. The zero-order valence-corrected chi connectivity index (χ0v) is 23.7. The van der Waals surface area contributed by atoms with Crippen LogP contribution < -0.4 is 0 Å². The maximum atomic E-state index is 10.6. The van der Waals surface area contributed by atoms with Gasteiger partial charge in [0.1, 0.15) is 73.2 Å². The van der Waals surface area contributed by atoms with Crippen molar-refractivity contribution in [3.05, 3.63) is 0 Å². The van der Waals surface area contributed by atoms with Gasteiger partial charge in [-0.1, -0.05) is 39.0 Å². The highest BCUT2D eigenvalue weighted by Gasteiger charge is 2.52. The van der Waals surface area contributed by atoms with Crippen LogP contribution in [0.25, 0.3) is 0 Å². The minimum Gasteiger partial charge on any atom is -0.394 e. The van der Waals surface area contributed by atoms with Crippen LogP contribution in [0.15, 0.2) is 0 Å². The first-order chi connectivity index (χ1) is 20.0. The smallest absolute Gasteiger partial charge is 0.187 e. The molecule has 3 heterocycles. The number of aliphatic hydroxyl groups excluding tert-OH is 10. The number of hydrogen-bond acceptors (Lipinski definition) is 16. The van der Waals surface area contributed by atoms with Crippen LogP contribution >= 0.6 is 0 Å². The van der Waals surface area contributed by atoms with Crippen LogP contribution in [-0.2, 0) is 28.4 Å². The van der Waals surface area contributed by atoms with Gasteiger partial charge in [0.15, 0.2) is 18.9 Å². The second kappa shape index (κ2) is 17.2. The van der Waals surface area contributed by atoms with Gasteiger partial charge in [-0.3, -0.25) is 0 Å². The highest BCUT2D eigenvalue weighted by atomic mass is 16.7. The molecule has 3 rings (SSSR count). The lowest BCUT2D eigenvalue weighted by atomic mass is 10.1. The van der Waals surface area contributed by atoms with Gasteiger partial charge in [0.25, 0.3) is 0 Å². The Balaban J connectivity index is 1.47. The number of unbranched alkanes of at least 4 members (excludes halogenated alkanes) is 5. The number of rotatable bonds is 18. The molecule has 42 heavy (non-hydrogen) atoms. The standard InChI is InChI=1S/C26H48O16/c1-2-3-4-5-6-7-8-37-24-18(34)15(31)22(40-24)13(30)11-38-25-19(35)17(33)23(42-25)14(10-28)39-26-20(36)16(32)21(41-26)12(29)9-27/h12-36H,2-11H2,1H3/t12-,13-,14-,15-,16-,17-,18-,19-,20-,21+,22+,23+,24-,25-,26-/m1/s1. The lowest BCUT2D eigenvalue weighted by Gasteiger charge is -2.28. The molecule has 0 aromatic heterocycles. The average Bonchev–Trinajstić information content (AvgIpc) is 3.55. The normalized spacial score (nSPS) is 40.9. The molecule has 0 bridgehead atoms. The van der Waals surface area contributed by atoms with Gasteiger partial charge in [-0.25, -0.2) is 0 Å². The topological polar surface area (TPSA) is 258 Å². The van der Waals surface area contributed by atoms with Crippen LogP contribution in [-0.4, -0.2) is 170 Å². The summed E-state index contributed by atoms with van der Waals surface area (Å²) in [6.45, 7) is 0.327. The van der Waals surface area contributed by atoms with E-state index in [-0.39, 0.29) is 0 Å². The van der Waals surface area contributed by atoms with E-state index in [1.54, 1.807) is 0 Å². The zero-order chi connectivity index (χ0) is 31.0. The molecule has 0 radical (unpaired) electrons. The largest absolute Gasteiger partial charge is 0.394 e. The lowest BCUT2D eigenvalue weighted by molar-refractivity contribution is -0.247. The third-order valence-corrected chi connectivity index (χ3v) is 7.78. The van der Waals surface area contributed by atoms with Crippen molar-refractivity contribution in [3.63, 3.8) is 0 Å². The Morgan fingerprint density at radius 2 is 1.07 bits per heavy atom. The minimum atomic E-state index is -1.68. The molecule has 3 saturated heterocycles. The molecule has 0 aliphatic carbocycles. The quantitative estimate of drug-likeness (QED) is 0.0655. The van der Waals surface area contributed by atoms with Crippen LogP contribution in [0.3, 0.4) is 0 Å². The number of ether oxygens (including phenoxy) is 6. The summed E-state index contributed by atoms with van der Waals surface area (Å²) < 4.78 is 32.7. The van der Waals surface area contributed by atoms with E-state index in [0.29, 0.717) is 6.61 Å². The van der Waals surface area contributed by atoms with Crippen LogP contribution in [0, 0.1) is 0 Å². The van der Waals surface area contributed by atoms with Gasteiger partial charge in [-0.2, -0.15) is 0 Å². The fourth-order valence-electron chi connectivity index (χ4n) is 5.22. The number of aliphatic hydroxyl groups is 10. The molecule has 0 saturated carbocycles. The summed E-state index contributed by atoms with van der Waals surface area (Å²) in [6, 6.07) is 0. The molecular weight excluding hydrogens is 568 g/mol. The van der Waals surface area contributed by atoms with E-state index in [2.05, 4.69) is 6.92 Å². The molecule has 0 aromatic rings. The fraction of sp³-hybridized carbons (Fsp3) is 1.00. The van der Waals surface area contributed by atoms with Crippen LogP contribution in [0.5, 0.6) is 0 Å². The predicted molar refractivity (Wildman–Crippen MR) is 138 cm³/mol. The van der Waals surface area contributed by atoms with Crippen molar-refractivity contribution in [2.24, 2.45) is 0 Å². The predicted octanol–water partition coefficient (Wildman–Crippen LogP) is -4.19. The van der Waals surface area contributed by atoms with Crippen molar-refractivity contribution in [2.45, 2.75) is 138 Å². The van der Waals surface area contributed by atoms with Crippen molar-refractivity contribution in [1.82, 2.24) is 0 Å². The first-order valence-corrected chi connectivity index (χ1v) is 14.6. The molecule has 0 amide bonds. The van der Waals surface area contributed by atoms with E-state index in [4.69, 9.17) is 33.5 Å². The average molecular weight is 617 g/mol. The molecule has 16 nitrogen and oxygen atoms in total. The van der Waals surface area contributed by atoms with Gasteiger partial charge < -0.3 is 79.5 Å². The Bertz CT molecular complexity index is 764. The van der Waals surface area contributed by atoms with E-state index in [9.17, 15) is 46.0 Å². The van der Waals surface area contributed by atoms with Gasteiger partial charge in [-0.15, -0.1) is 0 Å². The highest BCUT2D eigenvalue weighted by Crippen LogP contribution is 2.31. The van der Waals surface area contributed by atoms with Gasteiger partial charge in [-0.05, 0) is 6.42 Å². The minimum absolute atomic E-state index is 0.305. The third kappa shape index (κ3) is 8.75. The summed E-state index contributed by atoms with van der Waals surface area (Å²) in [5, 5.41) is 101. The summed E-state index contributed by atoms with van der Waals surface area (Å²) in [5.74, 6) is 0. The van der Waals surface area contributed by atoms with E-state index in [1.165, 1.54) is 6.42 Å². The third-order valence-electron chi connectivity index (χ3n) is 7.78. The maximum absolute atomic E-state index is 10.6. The molecule has 3 aliphatic heterocycles. The summed E-state index contributed by atoms with van der Waals surface area (Å²) >= 11 is 0. The summed E-state index contributed by atoms with van der Waals surface area (Å²) in [5.41, 5.74) is 0. The maximum Gasteiger partial charge on any atom is 0.187 e. The monoisotopic (exact) mass is 616 g/mol. The molecule has 0 spiro atoms. The SMILES string of the molecule is CCCCCCCCO[C@@H]1O[C@@H]([C@H](O)CO[C@@H]2O[C@@H]([C@@H](CO)O[C@@H]3O[C@@H]([C@H](O)CO)[C@H](O)[C@H]3O)[C@H](O)[C@H]2O)[C@H](O)[C@H]1O. The second-order valence-electron chi connectivity index (χ2n) is 11.0. The summed E-state index contributed by atoms with van der Waals surface area (Å²) in [4.78, 5) is 0. The molecular formula is C26H48O16. The Labute approximate surface area is 243 Å². The van der Waals surface area contributed by atoms with Gasteiger partial charge in [0, 0.05) is 6.61 Å². The molecule has 10 N–H and O–H groups in total. The van der Waals surface area contributed by atoms with Crippen molar-refractivity contribution < 1.29 is 79.5 Å². The molecule has 248 valence electrons. The van der Waals surface area contributed by atoms with Crippen molar-refractivity contribution in [3.8, 4) is 0 Å². The molecule has 16 heteroatoms. The van der Waals surface area contributed by atoms with Crippen molar-refractivity contribution in [1.29, 1.82) is 0 Å². The Morgan fingerprint density at radius 1 is 0.571 bits per heavy atom. The van der Waals surface area contributed by atoms with E-state index < -0.39 is 112 Å². The number of hydrogen-bond donors (Lipinski definition) is 10. The van der Waals surface area contributed by atoms with Crippen LogP contribution in [0.4, 0.5) is 0 Å². The van der Waals surface area contributed by atoms with Gasteiger partial charge in [0.2, 0.25) is 0 Å². The van der Waals surface area contributed by atoms with E-state index >= 15 is 0 Å². The van der Waals surface area contributed by atoms with Crippen molar-refractivity contribution >= 4 is 0 Å². The molecule has 15 atom stereocenters. The van der Waals surface area contributed by atoms with Crippen molar-refractivity contribution in [2.75, 3.05) is 26.4 Å². The first-order valence-electron chi connectivity index (χ1n) is 14.6. The van der Waals surface area contributed by atoms with Gasteiger partial charge in [0.05, 0.1) is 19.8 Å². The zero-order valence-electron chi connectivity index (χ0n) is 23.7. The van der Waals surface area contributed by atoms with Gasteiger partial charge >= 0.3 is 0 Å². The molecule has 0 unspecified atom stereocenters. The highest BCUT2D eigenvalue weighted by molar-refractivity contribution is 4.95. The van der Waals surface area contributed by atoms with E-state index in [1.807, 2.05) is 0 Å². The van der Waals surface area contributed by atoms with Crippen LogP contribution in [0.1, 0.15) is 45.4 Å². The summed E-state index contributed by atoms with van der Waals surface area (Å²) in [7, 11) is 0. The molecule has 0 aromatic carbocycles. The molecule has 3 aliphatic rings. The second-order valence-corrected chi connectivity index (χ2v) is 11.0. The first kappa shape index (κ1) is 35.8.